The molecule has 0 amide bonds. The number of aryl methyl sites for hydroxylation is 1. The highest BCUT2D eigenvalue weighted by Crippen LogP contribution is 2.16. The Bertz CT molecular complexity index is 404. The van der Waals surface area contributed by atoms with Crippen LogP contribution in [0, 0.1) is 18.3 Å². The van der Waals surface area contributed by atoms with Gasteiger partial charge in [-0.25, -0.2) is 0 Å². The Kier molecular flexibility index (Phi) is 4.99. The lowest BCUT2D eigenvalue weighted by Gasteiger charge is -2.21. The minimum atomic E-state index is 0.546. The van der Waals surface area contributed by atoms with E-state index in [2.05, 4.69) is 37.2 Å². The first-order valence-electron chi connectivity index (χ1n) is 5.99. The number of nitrogens with one attached hydrogen (secondary N) is 1. The second-order valence-corrected chi connectivity index (χ2v) is 4.66. The molecule has 1 aromatic rings. The minimum absolute atomic E-state index is 0.546. The normalized spacial score (nSPS) is 10.6. The van der Waals surface area contributed by atoms with Gasteiger partial charge in [0.2, 0.25) is 0 Å². The zero-order valence-corrected chi connectivity index (χ0v) is 11.1. The van der Waals surface area contributed by atoms with Gasteiger partial charge in [0.15, 0.2) is 0 Å². The summed E-state index contributed by atoms with van der Waals surface area (Å²) in [5.74, 6) is 0. The predicted octanol–water partition coefficient (Wildman–Crippen LogP) is 2.62. The first kappa shape index (κ1) is 13.5. The number of benzene rings is 1. The molecule has 0 radical (unpaired) electrons. The summed E-state index contributed by atoms with van der Waals surface area (Å²) in [6, 6.07) is 8.60. The zero-order valence-electron chi connectivity index (χ0n) is 11.1. The number of hydrogen-bond acceptors (Lipinski definition) is 3. The number of nitrogens with zero attached hydrogens (tertiary/aromatic N) is 2. The van der Waals surface area contributed by atoms with Gasteiger partial charge in [-0.3, -0.25) is 0 Å². The van der Waals surface area contributed by atoms with Crippen LogP contribution in [-0.4, -0.2) is 31.1 Å². The van der Waals surface area contributed by atoms with Gasteiger partial charge >= 0.3 is 0 Å². The molecule has 1 rings (SSSR count). The number of hydrogen-bond donors (Lipinski definition) is 1. The summed E-state index contributed by atoms with van der Waals surface area (Å²) in [7, 11) is 2.10. The monoisotopic (exact) mass is 231 g/mol. The maximum absolute atomic E-state index is 9.01. The molecule has 0 saturated heterocycles. The van der Waals surface area contributed by atoms with E-state index in [0.717, 1.165) is 18.8 Å². The van der Waals surface area contributed by atoms with Gasteiger partial charge in [-0.15, -0.1) is 0 Å². The van der Waals surface area contributed by atoms with E-state index in [-0.39, 0.29) is 0 Å². The van der Waals surface area contributed by atoms with Crippen LogP contribution in [0.25, 0.3) is 0 Å². The van der Waals surface area contributed by atoms with E-state index in [4.69, 9.17) is 5.26 Å². The predicted molar refractivity (Wildman–Crippen MR) is 72.1 cm³/mol. The molecule has 3 nitrogen and oxygen atoms in total. The second-order valence-electron chi connectivity index (χ2n) is 4.66. The molecule has 0 aliphatic carbocycles. The fourth-order valence-electron chi connectivity index (χ4n) is 1.53. The number of nitriles is 1. The number of likely N-dealkylation sites (N-methyl/N-ethyl adjacent to an activating group) is 1. The van der Waals surface area contributed by atoms with Gasteiger partial charge in [0.25, 0.3) is 0 Å². The van der Waals surface area contributed by atoms with Crippen molar-refractivity contribution in [3.63, 3.8) is 0 Å². The fourth-order valence-corrected chi connectivity index (χ4v) is 1.53. The van der Waals surface area contributed by atoms with Gasteiger partial charge in [-0.2, -0.15) is 5.26 Å². The molecule has 3 heteroatoms. The molecule has 1 N–H and O–H groups in total. The van der Waals surface area contributed by atoms with E-state index < -0.39 is 0 Å². The molecular weight excluding hydrogens is 210 g/mol. The molecule has 0 saturated carbocycles. The Hall–Kier alpha value is -1.53. The molecule has 0 aliphatic rings. The summed E-state index contributed by atoms with van der Waals surface area (Å²) in [6.45, 7) is 8.20. The van der Waals surface area contributed by atoms with E-state index >= 15 is 0 Å². The topological polar surface area (TPSA) is 39.1 Å². The van der Waals surface area contributed by atoms with Crippen LogP contribution in [0.5, 0.6) is 0 Å². The van der Waals surface area contributed by atoms with Crippen LogP contribution in [0.1, 0.15) is 25.0 Å². The Morgan fingerprint density at radius 2 is 2.12 bits per heavy atom. The lowest BCUT2D eigenvalue weighted by molar-refractivity contribution is 0.284. The molecule has 0 atom stereocenters. The molecule has 0 unspecified atom stereocenters. The highest BCUT2D eigenvalue weighted by atomic mass is 15.1. The van der Waals surface area contributed by atoms with Crippen molar-refractivity contribution in [1.82, 2.24) is 4.90 Å². The SMILES string of the molecule is Cc1ccc(C#N)c(NCCN(C)C(C)C)c1. The quantitative estimate of drug-likeness (QED) is 0.846. The highest BCUT2D eigenvalue weighted by Gasteiger charge is 2.04. The van der Waals surface area contributed by atoms with Crippen LogP contribution in [0.4, 0.5) is 5.69 Å². The van der Waals surface area contributed by atoms with Crippen molar-refractivity contribution in [1.29, 1.82) is 5.26 Å². The Morgan fingerprint density at radius 3 is 2.71 bits per heavy atom. The molecule has 92 valence electrons. The van der Waals surface area contributed by atoms with E-state index in [1.807, 2.05) is 25.1 Å². The summed E-state index contributed by atoms with van der Waals surface area (Å²) in [5.41, 5.74) is 2.82. The van der Waals surface area contributed by atoms with Gasteiger partial charge in [0, 0.05) is 19.1 Å². The summed E-state index contributed by atoms with van der Waals surface area (Å²) in [5, 5.41) is 12.3. The van der Waals surface area contributed by atoms with Gasteiger partial charge in [0.05, 0.1) is 11.3 Å². The average Bonchev–Trinajstić information content (AvgIpc) is 2.29. The van der Waals surface area contributed by atoms with Crippen LogP contribution in [-0.2, 0) is 0 Å². The van der Waals surface area contributed by atoms with Crippen LogP contribution in [0.2, 0.25) is 0 Å². The van der Waals surface area contributed by atoms with Crippen molar-refractivity contribution < 1.29 is 0 Å². The first-order chi connectivity index (χ1) is 8.04. The van der Waals surface area contributed by atoms with Gasteiger partial charge in [0.1, 0.15) is 6.07 Å². The van der Waals surface area contributed by atoms with Crippen molar-refractivity contribution in [2.45, 2.75) is 26.8 Å². The third-order valence-corrected chi connectivity index (χ3v) is 2.96. The average molecular weight is 231 g/mol. The van der Waals surface area contributed by atoms with Gasteiger partial charge in [-0.05, 0) is 45.5 Å². The maximum Gasteiger partial charge on any atom is 0.101 e. The first-order valence-corrected chi connectivity index (χ1v) is 5.99. The zero-order chi connectivity index (χ0) is 12.8. The lowest BCUT2D eigenvalue weighted by atomic mass is 10.1. The summed E-state index contributed by atoms with van der Waals surface area (Å²) in [6.07, 6.45) is 0. The molecule has 17 heavy (non-hydrogen) atoms. The second kappa shape index (κ2) is 6.27. The molecule has 0 bridgehead atoms. The van der Waals surface area contributed by atoms with Crippen molar-refractivity contribution in [3.05, 3.63) is 29.3 Å². The van der Waals surface area contributed by atoms with Crippen LogP contribution in [0.3, 0.4) is 0 Å². The van der Waals surface area contributed by atoms with Crippen LogP contribution < -0.4 is 5.32 Å². The molecule has 1 aromatic carbocycles. The van der Waals surface area contributed by atoms with Crippen LogP contribution in [0.15, 0.2) is 18.2 Å². The maximum atomic E-state index is 9.01. The third-order valence-electron chi connectivity index (χ3n) is 2.96. The summed E-state index contributed by atoms with van der Waals surface area (Å²) < 4.78 is 0. The molecule has 0 heterocycles. The Balaban J connectivity index is 2.57. The van der Waals surface area contributed by atoms with Crippen LogP contribution >= 0.6 is 0 Å². The smallest absolute Gasteiger partial charge is 0.101 e. The number of rotatable bonds is 5. The summed E-state index contributed by atoms with van der Waals surface area (Å²) >= 11 is 0. The van der Waals surface area contributed by atoms with E-state index in [9.17, 15) is 0 Å². The Labute approximate surface area is 104 Å². The number of anilines is 1. The molecule has 0 aliphatic heterocycles. The molecule has 0 aromatic heterocycles. The van der Waals surface area contributed by atoms with E-state index in [1.54, 1.807) is 0 Å². The Morgan fingerprint density at radius 1 is 1.41 bits per heavy atom. The third kappa shape index (κ3) is 4.08. The van der Waals surface area contributed by atoms with Gasteiger partial charge < -0.3 is 10.2 Å². The van der Waals surface area contributed by atoms with Crippen molar-refractivity contribution in [2.24, 2.45) is 0 Å². The fraction of sp³-hybridized carbons (Fsp3) is 0.500. The molecule has 0 spiro atoms. The van der Waals surface area contributed by atoms with Crippen molar-refractivity contribution in [3.8, 4) is 6.07 Å². The van der Waals surface area contributed by atoms with E-state index in [0.29, 0.717) is 11.6 Å². The van der Waals surface area contributed by atoms with Crippen molar-refractivity contribution >= 4 is 5.69 Å². The largest absolute Gasteiger partial charge is 0.383 e. The van der Waals surface area contributed by atoms with Gasteiger partial charge in [-0.1, -0.05) is 6.07 Å². The van der Waals surface area contributed by atoms with E-state index in [1.165, 1.54) is 5.56 Å². The highest BCUT2D eigenvalue weighted by molar-refractivity contribution is 5.58. The molecule has 0 fully saturated rings. The summed E-state index contributed by atoms with van der Waals surface area (Å²) in [4.78, 5) is 2.27. The molecular formula is C14H21N3. The minimum Gasteiger partial charge on any atom is -0.383 e. The van der Waals surface area contributed by atoms with Crippen molar-refractivity contribution in [2.75, 3.05) is 25.5 Å². The lowest BCUT2D eigenvalue weighted by Crippen LogP contribution is -2.31. The standard InChI is InChI=1S/C14H21N3/c1-11(2)17(4)8-7-16-14-9-12(3)5-6-13(14)10-15/h5-6,9,11,16H,7-8H2,1-4H3.